The lowest BCUT2D eigenvalue weighted by atomic mass is 9.89. The predicted molar refractivity (Wildman–Crippen MR) is 91.8 cm³/mol. The quantitative estimate of drug-likeness (QED) is 0.937. The van der Waals surface area contributed by atoms with Crippen LogP contribution in [0.2, 0.25) is 0 Å². The Labute approximate surface area is 137 Å². The number of hydrogen-bond acceptors (Lipinski definition) is 5. The van der Waals surface area contributed by atoms with Gasteiger partial charge in [0.2, 0.25) is 5.88 Å². The van der Waals surface area contributed by atoms with Crippen LogP contribution in [0.15, 0.2) is 42.9 Å². The number of benzene rings is 1. The summed E-state index contributed by atoms with van der Waals surface area (Å²) in [5, 5.41) is 3.67. The Morgan fingerprint density at radius 3 is 2.91 bits per heavy atom. The SMILES string of the molecule is C[C@@H]1CN(C)[C@@H](C)C[C@@H]1Nc1cccc(Oc2cnccn2)c1. The highest BCUT2D eigenvalue weighted by molar-refractivity contribution is 5.49. The average molecular weight is 312 g/mol. The van der Waals surface area contributed by atoms with Gasteiger partial charge in [0.05, 0.1) is 6.20 Å². The maximum absolute atomic E-state index is 5.75. The second-order valence-electron chi connectivity index (χ2n) is 6.43. The standard InChI is InChI=1S/C18H24N4O/c1-13-12-22(3)14(2)9-17(13)21-15-5-4-6-16(10-15)23-18-11-19-7-8-20-18/h4-8,10-11,13-14,17,21H,9,12H2,1-3H3/t13-,14+,17+/m1/s1. The third-order valence-corrected chi connectivity index (χ3v) is 4.56. The maximum Gasteiger partial charge on any atom is 0.237 e. The molecule has 1 N–H and O–H groups in total. The van der Waals surface area contributed by atoms with Crippen molar-refractivity contribution in [1.82, 2.24) is 14.9 Å². The fourth-order valence-corrected chi connectivity index (χ4v) is 3.06. The molecule has 5 heteroatoms. The summed E-state index contributed by atoms with van der Waals surface area (Å²) in [6.07, 6.45) is 6.01. The van der Waals surface area contributed by atoms with Crippen LogP contribution < -0.4 is 10.1 Å². The monoisotopic (exact) mass is 312 g/mol. The molecule has 0 amide bonds. The third-order valence-electron chi connectivity index (χ3n) is 4.56. The molecule has 3 atom stereocenters. The van der Waals surface area contributed by atoms with Crippen molar-refractivity contribution < 1.29 is 4.74 Å². The highest BCUT2D eigenvalue weighted by Gasteiger charge is 2.28. The zero-order chi connectivity index (χ0) is 16.2. The van der Waals surface area contributed by atoms with Crippen molar-refractivity contribution >= 4 is 5.69 Å². The van der Waals surface area contributed by atoms with Crippen LogP contribution in [0.4, 0.5) is 5.69 Å². The number of likely N-dealkylation sites (tertiary alicyclic amines) is 1. The summed E-state index contributed by atoms with van der Waals surface area (Å²) in [6.45, 7) is 5.71. The minimum absolute atomic E-state index is 0.480. The Morgan fingerprint density at radius 2 is 2.13 bits per heavy atom. The molecule has 1 aromatic heterocycles. The van der Waals surface area contributed by atoms with Gasteiger partial charge in [0.1, 0.15) is 5.75 Å². The number of nitrogens with zero attached hydrogens (tertiary/aromatic N) is 3. The summed E-state index contributed by atoms with van der Waals surface area (Å²) in [6, 6.07) is 9.11. The normalized spacial score (nSPS) is 25.1. The maximum atomic E-state index is 5.75. The summed E-state index contributed by atoms with van der Waals surface area (Å²) < 4.78 is 5.75. The predicted octanol–water partition coefficient (Wildman–Crippen LogP) is 3.41. The van der Waals surface area contributed by atoms with E-state index in [-0.39, 0.29) is 0 Å². The smallest absolute Gasteiger partial charge is 0.237 e. The first-order valence-corrected chi connectivity index (χ1v) is 8.12. The zero-order valence-corrected chi connectivity index (χ0v) is 13.9. The minimum Gasteiger partial charge on any atom is -0.437 e. The van der Waals surface area contributed by atoms with Crippen molar-refractivity contribution in [2.75, 3.05) is 18.9 Å². The van der Waals surface area contributed by atoms with E-state index in [4.69, 9.17) is 4.74 Å². The largest absolute Gasteiger partial charge is 0.437 e. The van der Waals surface area contributed by atoms with Crippen molar-refractivity contribution in [3.63, 3.8) is 0 Å². The van der Waals surface area contributed by atoms with E-state index in [1.165, 1.54) is 0 Å². The van der Waals surface area contributed by atoms with Gasteiger partial charge in [0.25, 0.3) is 0 Å². The topological polar surface area (TPSA) is 50.3 Å². The molecule has 1 aliphatic rings. The molecule has 0 aliphatic carbocycles. The van der Waals surface area contributed by atoms with E-state index in [2.05, 4.69) is 47.1 Å². The van der Waals surface area contributed by atoms with E-state index >= 15 is 0 Å². The van der Waals surface area contributed by atoms with Crippen molar-refractivity contribution in [2.45, 2.75) is 32.4 Å². The zero-order valence-electron chi connectivity index (χ0n) is 13.9. The van der Waals surface area contributed by atoms with Crippen LogP contribution in [-0.2, 0) is 0 Å². The van der Waals surface area contributed by atoms with Crippen LogP contribution in [0.3, 0.4) is 0 Å². The molecule has 0 bridgehead atoms. The van der Waals surface area contributed by atoms with E-state index in [1.54, 1.807) is 18.6 Å². The van der Waals surface area contributed by atoms with Gasteiger partial charge >= 0.3 is 0 Å². The van der Waals surface area contributed by atoms with Crippen LogP contribution >= 0.6 is 0 Å². The van der Waals surface area contributed by atoms with Gasteiger partial charge in [-0.25, -0.2) is 4.98 Å². The average Bonchev–Trinajstić information content (AvgIpc) is 2.54. The van der Waals surface area contributed by atoms with Gasteiger partial charge in [-0.15, -0.1) is 0 Å². The number of nitrogens with one attached hydrogen (secondary N) is 1. The second kappa shape index (κ2) is 6.96. The van der Waals surface area contributed by atoms with Crippen molar-refractivity contribution in [3.8, 4) is 11.6 Å². The number of hydrogen-bond donors (Lipinski definition) is 1. The molecule has 0 radical (unpaired) electrons. The molecule has 1 aromatic carbocycles. The number of piperidine rings is 1. The number of aromatic nitrogens is 2. The van der Waals surface area contributed by atoms with Crippen LogP contribution in [0.1, 0.15) is 20.3 Å². The lowest BCUT2D eigenvalue weighted by molar-refractivity contribution is 0.145. The first kappa shape index (κ1) is 15.7. The molecular formula is C18H24N4O. The summed E-state index contributed by atoms with van der Waals surface area (Å²) in [5.41, 5.74) is 1.08. The van der Waals surface area contributed by atoms with Gasteiger partial charge in [-0.1, -0.05) is 13.0 Å². The molecule has 0 saturated carbocycles. The first-order valence-electron chi connectivity index (χ1n) is 8.12. The van der Waals surface area contributed by atoms with Gasteiger partial charge in [-0.2, -0.15) is 0 Å². The van der Waals surface area contributed by atoms with Gasteiger partial charge in [-0.05, 0) is 38.4 Å². The Hall–Kier alpha value is -2.14. The lowest BCUT2D eigenvalue weighted by Crippen LogP contribution is -2.48. The summed E-state index contributed by atoms with van der Waals surface area (Å²) in [7, 11) is 2.20. The molecule has 1 saturated heterocycles. The van der Waals surface area contributed by atoms with Crippen LogP contribution in [0, 0.1) is 5.92 Å². The first-order chi connectivity index (χ1) is 11.1. The molecule has 0 unspecified atom stereocenters. The van der Waals surface area contributed by atoms with E-state index in [0.717, 1.165) is 24.4 Å². The molecule has 122 valence electrons. The van der Waals surface area contributed by atoms with Gasteiger partial charge < -0.3 is 15.0 Å². The summed E-state index contributed by atoms with van der Waals surface area (Å²) in [4.78, 5) is 10.6. The molecule has 5 nitrogen and oxygen atoms in total. The van der Waals surface area contributed by atoms with Crippen LogP contribution in [0.25, 0.3) is 0 Å². The molecule has 0 spiro atoms. The Morgan fingerprint density at radius 1 is 1.26 bits per heavy atom. The van der Waals surface area contributed by atoms with E-state index in [9.17, 15) is 0 Å². The van der Waals surface area contributed by atoms with Crippen molar-refractivity contribution in [1.29, 1.82) is 0 Å². The fraction of sp³-hybridized carbons (Fsp3) is 0.444. The Kier molecular flexibility index (Phi) is 4.76. The van der Waals surface area contributed by atoms with E-state index in [1.807, 2.05) is 18.2 Å². The molecule has 2 heterocycles. The Balaban J connectivity index is 1.68. The van der Waals surface area contributed by atoms with Crippen molar-refractivity contribution in [2.24, 2.45) is 5.92 Å². The number of anilines is 1. The highest BCUT2D eigenvalue weighted by Crippen LogP contribution is 2.27. The number of ether oxygens (including phenoxy) is 1. The second-order valence-corrected chi connectivity index (χ2v) is 6.43. The molecule has 2 aromatic rings. The third kappa shape index (κ3) is 3.99. The summed E-state index contributed by atoms with van der Waals surface area (Å²) in [5.74, 6) is 1.89. The van der Waals surface area contributed by atoms with Gasteiger partial charge in [0.15, 0.2) is 0 Å². The van der Waals surface area contributed by atoms with Crippen LogP contribution in [-0.4, -0.2) is 40.5 Å². The highest BCUT2D eigenvalue weighted by atomic mass is 16.5. The molecule has 23 heavy (non-hydrogen) atoms. The molecular weight excluding hydrogens is 288 g/mol. The Bertz CT molecular complexity index is 634. The van der Waals surface area contributed by atoms with E-state index in [0.29, 0.717) is 23.9 Å². The van der Waals surface area contributed by atoms with Gasteiger partial charge in [-0.3, -0.25) is 4.98 Å². The van der Waals surface area contributed by atoms with Gasteiger partial charge in [0, 0.05) is 42.8 Å². The molecule has 3 rings (SSSR count). The van der Waals surface area contributed by atoms with E-state index < -0.39 is 0 Å². The minimum atomic E-state index is 0.480. The number of rotatable bonds is 4. The summed E-state index contributed by atoms with van der Waals surface area (Å²) >= 11 is 0. The molecule has 1 aliphatic heterocycles. The lowest BCUT2D eigenvalue weighted by Gasteiger charge is -2.40. The van der Waals surface area contributed by atoms with Crippen molar-refractivity contribution in [3.05, 3.63) is 42.9 Å². The fourth-order valence-electron chi connectivity index (χ4n) is 3.06. The molecule has 1 fully saturated rings. The van der Waals surface area contributed by atoms with Crippen LogP contribution in [0.5, 0.6) is 11.6 Å².